The fourth-order valence-corrected chi connectivity index (χ4v) is 7.31. The summed E-state index contributed by atoms with van der Waals surface area (Å²) >= 11 is 0. The van der Waals surface area contributed by atoms with Crippen molar-refractivity contribution >= 4 is 0 Å². The molecular formula is C24H43NO. The van der Waals surface area contributed by atoms with Gasteiger partial charge in [0.1, 0.15) is 0 Å². The fourth-order valence-electron chi connectivity index (χ4n) is 7.31. The number of nitrogens with two attached hydrogens (primary N) is 1. The van der Waals surface area contributed by atoms with Crippen molar-refractivity contribution in [2.75, 3.05) is 0 Å². The number of ether oxygens (including phenoxy) is 1. The first-order valence-corrected chi connectivity index (χ1v) is 12.2. The number of hydrogen-bond acceptors (Lipinski definition) is 2. The molecule has 0 bridgehead atoms. The first-order chi connectivity index (χ1) is 12.8. The van der Waals surface area contributed by atoms with E-state index in [4.69, 9.17) is 10.5 Å². The van der Waals surface area contributed by atoms with Crippen LogP contribution in [0.25, 0.3) is 0 Å². The lowest BCUT2D eigenvalue weighted by Gasteiger charge is -2.52. The molecule has 0 saturated heterocycles. The summed E-state index contributed by atoms with van der Waals surface area (Å²) in [6, 6.07) is 0.437. The van der Waals surface area contributed by atoms with Crippen LogP contribution in [0.1, 0.15) is 116 Å². The van der Waals surface area contributed by atoms with Crippen LogP contribution in [0.15, 0.2) is 0 Å². The topological polar surface area (TPSA) is 35.2 Å². The van der Waals surface area contributed by atoms with Crippen LogP contribution < -0.4 is 5.73 Å². The van der Waals surface area contributed by atoms with E-state index in [0.717, 1.165) is 17.3 Å². The van der Waals surface area contributed by atoms with E-state index in [9.17, 15) is 0 Å². The second-order valence-electron chi connectivity index (χ2n) is 10.3. The second-order valence-corrected chi connectivity index (χ2v) is 10.3. The third-order valence-corrected chi connectivity index (χ3v) is 8.79. The molecule has 0 aromatic carbocycles. The molecule has 0 atom stereocenters. The standard InChI is InChI=1S/C24H43NO/c25-21-11-15-23(16-12-21)26-22-13-9-20(10-14-22)24(17-5-2-6-18-24)19-7-3-1-4-8-19/h19-23H,1-18,25H2. The van der Waals surface area contributed by atoms with E-state index >= 15 is 0 Å². The van der Waals surface area contributed by atoms with Gasteiger partial charge in [0, 0.05) is 6.04 Å². The third-order valence-electron chi connectivity index (χ3n) is 8.79. The zero-order valence-electron chi connectivity index (χ0n) is 17.1. The van der Waals surface area contributed by atoms with Crippen LogP contribution in [-0.4, -0.2) is 18.2 Å². The SMILES string of the molecule is NC1CCC(OC2CCC(C3(C4CCCCC4)CCCCC3)CC2)CC1. The van der Waals surface area contributed by atoms with Gasteiger partial charge in [0.25, 0.3) is 0 Å². The highest BCUT2D eigenvalue weighted by molar-refractivity contribution is 4.97. The molecule has 0 radical (unpaired) electrons. The van der Waals surface area contributed by atoms with E-state index in [1.54, 1.807) is 25.7 Å². The van der Waals surface area contributed by atoms with Gasteiger partial charge in [0.05, 0.1) is 12.2 Å². The van der Waals surface area contributed by atoms with Gasteiger partial charge in [0.15, 0.2) is 0 Å². The average Bonchev–Trinajstić information content (AvgIpc) is 2.71. The van der Waals surface area contributed by atoms with E-state index in [-0.39, 0.29) is 0 Å². The van der Waals surface area contributed by atoms with Gasteiger partial charge in [-0.3, -0.25) is 0 Å². The minimum atomic E-state index is 0.437. The first-order valence-electron chi connectivity index (χ1n) is 12.2. The quantitative estimate of drug-likeness (QED) is 0.632. The Balaban J connectivity index is 1.32. The van der Waals surface area contributed by atoms with E-state index in [2.05, 4.69) is 0 Å². The van der Waals surface area contributed by atoms with Gasteiger partial charge in [-0.2, -0.15) is 0 Å². The summed E-state index contributed by atoms with van der Waals surface area (Å²) in [6.45, 7) is 0. The van der Waals surface area contributed by atoms with Crippen molar-refractivity contribution in [1.82, 2.24) is 0 Å². The summed E-state index contributed by atoms with van der Waals surface area (Å²) in [5.41, 5.74) is 6.78. The van der Waals surface area contributed by atoms with Crippen LogP contribution >= 0.6 is 0 Å². The van der Waals surface area contributed by atoms with Gasteiger partial charge in [-0.25, -0.2) is 0 Å². The highest BCUT2D eigenvalue weighted by atomic mass is 16.5. The predicted octanol–water partition coefficient (Wildman–Crippen LogP) is 6.36. The highest BCUT2D eigenvalue weighted by Crippen LogP contribution is 2.56. The molecule has 4 saturated carbocycles. The van der Waals surface area contributed by atoms with Gasteiger partial charge in [-0.1, -0.05) is 38.5 Å². The predicted molar refractivity (Wildman–Crippen MR) is 109 cm³/mol. The van der Waals surface area contributed by atoms with E-state index in [0.29, 0.717) is 18.2 Å². The van der Waals surface area contributed by atoms with Crippen LogP contribution in [0.3, 0.4) is 0 Å². The maximum Gasteiger partial charge on any atom is 0.0580 e. The Morgan fingerprint density at radius 3 is 1.65 bits per heavy atom. The molecule has 4 fully saturated rings. The molecular weight excluding hydrogens is 318 g/mol. The van der Waals surface area contributed by atoms with Crippen molar-refractivity contribution in [3.8, 4) is 0 Å². The molecule has 0 amide bonds. The van der Waals surface area contributed by atoms with Gasteiger partial charge in [-0.15, -0.1) is 0 Å². The monoisotopic (exact) mass is 361 g/mol. The summed E-state index contributed by atoms with van der Waals surface area (Å²) in [6.07, 6.45) is 26.6. The Labute approximate surface area is 162 Å². The van der Waals surface area contributed by atoms with Crippen molar-refractivity contribution in [2.45, 2.75) is 134 Å². The Bertz CT molecular complexity index is 408. The maximum atomic E-state index is 6.54. The van der Waals surface area contributed by atoms with Crippen molar-refractivity contribution in [1.29, 1.82) is 0 Å². The van der Waals surface area contributed by atoms with Crippen LogP contribution in [0, 0.1) is 17.3 Å². The van der Waals surface area contributed by atoms with Crippen molar-refractivity contribution in [2.24, 2.45) is 23.0 Å². The van der Waals surface area contributed by atoms with Crippen LogP contribution in [0.5, 0.6) is 0 Å². The molecule has 0 aromatic heterocycles. The minimum Gasteiger partial charge on any atom is -0.375 e. The lowest BCUT2D eigenvalue weighted by Crippen LogP contribution is -2.43. The zero-order chi connectivity index (χ0) is 17.8. The Hall–Kier alpha value is -0.0800. The van der Waals surface area contributed by atoms with Crippen molar-refractivity contribution in [3.63, 3.8) is 0 Å². The summed E-state index contributed by atoms with van der Waals surface area (Å²) < 4.78 is 6.54. The molecule has 0 unspecified atom stereocenters. The lowest BCUT2D eigenvalue weighted by molar-refractivity contribution is -0.0787. The van der Waals surface area contributed by atoms with Crippen molar-refractivity contribution < 1.29 is 4.74 Å². The smallest absolute Gasteiger partial charge is 0.0580 e. The second kappa shape index (κ2) is 8.95. The summed E-state index contributed by atoms with van der Waals surface area (Å²) in [4.78, 5) is 0. The molecule has 2 N–H and O–H groups in total. The number of hydrogen-bond donors (Lipinski definition) is 1. The molecule has 0 spiro atoms. The zero-order valence-corrected chi connectivity index (χ0v) is 17.1. The summed E-state index contributed by atoms with van der Waals surface area (Å²) in [5.74, 6) is 2.06. The Kier molecular flexibility index (Phi) is 6.62. The molecule has 26 heavy (non-hydrogen) atoms. The molecule has 4 aliphatic rings. The molecule has 150 valence electrons. The van der Waals surface area contributed by atoms with Gasteiger partial charge < -0.3 is 10.5 Å². The van der Waals surface area contributed by atoms with Gasteiger partial charge in [0.2, 0.25) is 0 Å². The van der Waals surface area contributed by atoms with Gasteiger partial charge >= 0.3 is 0 Å². The molecule has 4 aliphatic carbocycles. The van der Waals surface area contributed by atoms with Crippen LogP contribution in [-0.2, 0) is 4.74 Å². The van der Waals surface area contributed by atoms with E-state index in [1.807, 2.05) is 0 Å². The highest BCUT2D eigenvalue weighted by Gasteiger charge is 2.46. The summed E-state index contributed by atoms with van der Waals surface area (Å²) in [7, 11) is 0. The molecule has 0 aliphatic heterocycles. The molecule has 0 aromatic rings. The first kappa shape index (κ1) is 19.2. The van der Waals surface area contributed by atoms with Crippen LogP contribution in [0.2, 0.25) is 0 Å². The third kappa shape index (κ3) is 4.32. The normalized spacial score (nSPS) is 39.6. The van der Waals surface area contributed by atoms with Gasteiger partial charge in [-0.05, 0) is 94.3 Å². The van der Waals surface area contributed by atoms with E-state index in [1.165, 1.54) is 89.9 Å². The molecule has 2 nitrogen and oxygen atoms in total. The van der Waals surface area contributed by atoms with Crippen LogP contribution in [0.4, 0.5) is 0 Å². The Morgan fingerprint density at radius 2 is 1.04 bits per heavy atom. The largest absolute Gasteiger partial charge is 0.375 e. The minimum absolute atomic E-state index is 0.437. The maximum absolute atomic E-state index is 6.54. The molecule has 2 heteroatoms. The Morgan fingerprint density at radius 1 is 0.538 bits per heavy atom. The van der Waals surface area contributed by atoms with Crippen molar-refractivity contribution in [3.05, 3.63) is 0 Å². The molecule has 4 rings (SSSR count). The summed E-state index contributed by atoms with van der Waals surface area (Å²) in [5, 5.41) is 0. The fraction of sp³-hybridized carbons (Fsp3) is 1.00. The van der Waals surface area contributed by atoms with E-state index < -0.39 is 0 Å². The average molecular weight is 362 g/mol. The number of rotatable bonds is 4. The lowest BCUT2D eigenvalue weighted by atomic mass is 9.53. The molecule has 0 heterocycles.